The van der Waals surface area contributed by atoms with Crippen LogP contribution in [0.15, 0.2) is 4.42 Å². The molecule has 2 fully saturated rings. The number of aryl methyl sites for hydroxylation is 1. The fraction of sp³-hybridized carbons (Fsp3) is 0.750. The van der Waals surface area contributed by atoms with Crippen LogP contribution in [0.25, 0.3) is 0 Å². The molecule has 2 aliphatic heterocycles. The maximum absolute atomic E-state index is 11.9. The zero-order valence-electron chi connectivity index (χ0n) is 10.9. The van der Waals surface area contributed by atoms with Gasteiger partial charge in [-0.2, -0.15) is 0 Å². The second-order valence-corrected chi connectivity index (χ2v) is 5.16. The van der Waals surface area contributed by atoms with Crippen molar-refractivity contribution in [1.29, 1.82) is 0 Å². The molecule has 7 nitrogen and oxygen atoms in total. The summed E-state index contributed by atoms with van der Waals surface area (Å²) in [5.41, 5.74) is 0. The van der Waals surface area contributed by atoms with Crippen LogP contribution in [0, 0.1) is 0 Å². The van der Waals surface area contributed by atoms with Crippen LogP contribution in [-0.4, -0.2) is 44.0 Å². The molecular weight excluding hydrogens is 248 g/mol. The summed E-state index contributed by atoms with van der Waals surface area (Å²) in [6.07, 6.45) is 4.38. The highest BCUT2D eigenvalue weighted by molar-refractivity contribution is 5.76. The van der Waals surface area contributed by atoms with Gasteiger partial charge in [0.15, 0.2) is 0 Å². The van der Waals surface area contributed by atoms with Gasteiger partial charge >= 0.3 is 6.03 Å². The van der Waals surface area contributed by atoms with E-state index >= 15 is 0 Å². The largest absolute Gasteiger partial charge is 0.423 e. The lowest BCUT2D eigenvalue weighted by molar-refractivity contribution is -0.0584. The third-order valence-corrected chi connectivity index (χ3v) is 3.86. The van der Waals surface area contributed by atoms with Crippen LogP contribution >= 0.6 is 0 Å². The van der Waals surface area contributed by atoms with Crippen molar-refractivity contribution < 1.29 is 14.4 Å². The van der Waals surface area contributed by atoms with Gasteiger partial charge in [0.05, 0.1) is 6.04 Å². The summed E-state index contributed by atoms with van der Waals surface area (Å²) in [7, 11) is 0. The Morgan fingerprint density at radius 1 is 1.42 bits per heavy atom. The number of hydroxylamine groups is 2. The van der Waals surface area contributed by atoms with Gasteiger partial charge in [0.25, 0.3) is 0 Å². The van der Waals surface area contributed by atoms with Gasteiger partial charge < -0.3 is 9.32 Å². The van der Waals surface area contributed by atoms with E-state index in [1.165, 1.54) is 0 Å². The summed E-state index contributed by atoms with van der Waals surface area (Å²) < 4.78 is 5.64. The lowest BCUT2D eigenvalue weighted by Crippen LogP contribution is -2.34. The highest BCUT2D eigenvalue weighted by Crippen LogP contribution is 2.36. The normalized spacial score (nSPS) is 26.3. The molecule has 3 rings (SSSR count). The number of carbonyl (C=O) groups is 1. The minimum Gasteiger partial charge on any atom is -0.423 e. The van der Waals surface area contributed by atoms with Crippen molar-refractivity contribution in [1.82, 2.24) is 20.2 Å². The third-order valence-electron chi connectivity index (χ3n) is 3.86. The molecule has 0 spiro atoms. The predicted octanol–water partition coefficient (Wildman–Crippen LogP) is 1.74. The first-order chi connectivity index (χ1) is 9.20. The second-order valence-electron chi connectivity index (χ2n) is 5.16. The Hall–Kier alpha value is -1.63. The van der Waals surface area contributed by atoms with Gasteiger partial charge in [0, 0.05) is 13.0 Å². The molecular formula is C12H18N4O3. The van der Waals surface area contributed by atoms with Crippen LogP contribution in [0.2, 0.25) is 0 Å². The fourth-order valence-electron chi connectivity index (χ4n) is 2.74. The number of unbranched alkanes of at least 4 members (excludes halogenated alkanes) is 1. The van der Waals surface area contributed by atoms with Gasteiger partial charge in [-0.25, -0.2) is 9.86 Å². The molecule has 1 aromatic rings. The fourth-order valence-corrected chi connectivity index (χ4v) is 2.74. The molecule has 0 aromatic carbocycles. The van der Waals surface area contributed by atoms with Crippen molar-refractivity contribution in [3.05, 3.63) is 11.8 Å². The molecule has 2 amide bonds. The molecule has 0 aliphatic carbocycles. The van der Waals surface area contributed by atoms with E-state index in [9.17, 15) is 10.0 Å². The SMILES string of the molecule is CCCCc1nnc([C@@H]2CC[C@@H]3CN2C(=O)N3O)o1. The molecule has 0 radical (unpaired) electrons. The highest BCUT2D eigenvalue weighted by atomic mass is 16.5. The van der Waals surface area contributed by atoms with E-state index < -0.39 is 0 Å². The third kappa shape index (κ3) is 2.07. The Morgan fingerprint density at radius 2 is 2.26 bits per heavy atom. The highest BCUT2D eigenvalue weighted by Gasteiger charge is 2.46. The van der Waals surface area contributed by atoms with Crippen LogP contribution in [0.1, 0.15) is 50.4 Å². The summed E-state index contributed by atoms with van der Waals surface area (Å²) in [5.74, 6) is 1.12. The van der Waals surface area contributed by atoms with E-state index in [1.807, 2.05) is 0 Å². The molecule has 1 N–H and O–H groups in total. The van der Waals surface area contributed by atoms with Gasteiger partial charge in [-0.15, -0.1) is 10.2 Å². The lowest BCUT2D eigenvalue weighted by atomic mass is 10.0. The van der Waals surface area contributed by atoms with Gasteiger partial charge in [-0.05, 0) is 19.3 Å². The van der Waals surface area contributed by atoms with Crippen LogP contribution < -0.4 is 0 Å². The molecule has 2 saturated heterocycles. The zero-order chi connectivity index (χ0) is 13.4. The predicted molar refractivity (Wildman–Crippen MR) is 64.4 cm³/mol. The number of rotatable bonds is 4. The van der Waals surface area contributed by atoms with E-state index in [1.54, 1.807) is 4.90 Å². The Bertz CT molecular complexity index is 475. The van der Waals surface area contributed by atoms with Crippen molar-refractivity contribution >= 4 is 6.03 Å². The van der Waals surface area contributed by atoms with Crippen molar-refractivity contribution in [3.63, 3.8) is 0 Å². The molecule has 0 unspecified atom stereocenters. The molecule has 0 saturated carbocycles. The van der Waals surface area contributed by atoms with Crippen LogP contribution in [0.5, 0.6) is 0 Å². The number of urea groups is 1. The maximum atomic E-state index is 11.9. The molecule has 2 atom stereocenters. The number of amides is 2. The molecule has 1 aromatic heterocycles. The summed E-state index contributed by atoms with van der Waals surface area (Å²) >= 11 is 0. The van der Waals surface area contributed by atoms with E-state index in [-0.39, 0.29) is 18.1 Å². The van der Waals surface area contributed by atoms with E-state index in [0.29, 0.717) is 18.3 Å². The van der Waals surface area contributed by atoms with Crippen LogP contribution in [-0.2, 0) is 6.42 Å². The van der Waals surface area contributed by atoms with Gasteiger partial charge in [-0.3, -0.25) is 5.21 Å². The van der Waals surface area contributed by atoms with Crippen molar-refractivity contribution in [2.75, 3.05) is 6.54 Å². The number of piperidine rings is 1. The van der Waals surface area contributed by atoms with Crippen molar-refractivity contribution in [2.24, 2.45) is 0 Å². The Balaban J connectivity index is 1.75. The molecule has 104 valence electrons. The number of nitrogens with zero attached hydrogens (tertiary/aromatic N) is 4. The summed E-state index contributed by atoms with van der Waals surface area (Å²) in [5, 5.41) is 18.5. The van der Waals surface area contributed by atoms with E-state index in [4.69, 9.17) is 4.42 Å². The standard InChI is InChI=1S/C12H18N4O3/c1-2-3-4-10-13-14-11(19-10)9-6-5-8-7-15(9)12(17)16(8)18/h8-9,18H,2-7H2,1H3/t8-,9+/m1/s1. The number of hydrogen-bond acceptors (Lipinski definition) is 5. The minimum atomic E-state index is -0.360. The lowest BCUT2D eigenvalue weighted by Gasteiger charge is -2.27. The monoisotopic (exact) mass is 266 g/mol. The smallest absolute Gasteiger partial charge is 0.344 e. The average molecular weight is 266 g/mol. The molecule has 7 heteroatoms. The van der Waals surface area contributed by atoms with E-state index in [0.717, 1.165) is 37.2 Å². The Labute approximate surface area is 111 Å². The number of fused-ring (bicyclic) bond motifs is 2. The zero-order valence-corrected chi connectivity index (χ0v) is 10.9. The maximum Gasteiger partial charge on any atom is 0.344 e. The quantitative estimate of drug-likeness (QED) is 0.839. The summed E-state index contributed by atoms with van der Waals surface area (Å²) in [4.78, 5) is 13.5. The van der Waals surface area contributed by atoms with Gasteiger partial charge in [-0.1, -0.05) is 13.3 Å². The number of carbonyl (C=O) groups excluding carboxylic acids is 1. The Kier molecular flexibility index (Phi) is 3.14. The van der Waals surface area contributed by atoms with Gasteiger partial charge in [0.2, 0.25) is 11.8 Å². The van der Waals surface area contributed by atoms with Crippen LogP contribution in [0.4, 0.5) is 4.79 Å². The first-order valence-corrected chi connectivity index (χ1v) is 6.81. The Morgan fingerprint density at radius 3 is 3.05 bits per heavy atom. The number of aromatic nitrogens is 2. The summed E-state index contributed by atoms with van der Waals surface area (Å²) in [6, 6.07) is -0.643. The molecule has 3 heterocycles. The topological polar surface area (TPSA) is 82.7 Å². The van der Waals surface area contributed by atoms with Crippen molar-refractivity contribution in [3.8, 4) is 0 Å². The molecule has 2 aliphatic rings. The first kappa shape index (κ1) is 12.4. The van der Waals surface area contributed by atoms with Gasteiger partial charge in [0.1, 0.15) is 6.04 Å². The molecule has 19 heavy (non-hydrogen) atoms. The number of hydrogen-bond donors (Lipinski definition) is 1. The minimum absolute atomic E-state index is 0.0915. The first-order valence-electron chi connectivity index (χ1n) is 6.81. The average Bonchev–Trinajstić information content (AvgIpc) is 2.98. The van der Waals surface area contributed by atoms with Crippen LogP contribution in [0.3, 0.4) is 0 Å². The van der Waals surface area contributed by atoms with E-state index in [2.05, 4.69) is 17.1 Å². The molecule has 2 bridgehead atoms. The van der Waals surface area contributed by atoms with Crippen molar-refractivity contribution in [2.45, 2.75) is 51.1 Å². The summed E-state index contributed by atoms with van der Waals surface area (Å²) in [6.45, 7) is 2.64. The second kappa shape index (κ2) is 4.80.